The highest BCUT2D eigenvalue weighted by Gasteiger charge is 1.96. The summed E-state index contributed by atoms with van der Waals surface area (Å²) < 4.78 is 0. The molecule has 14 heavy (non-hydrogen) atoms. The van der Waals surface area contributed by atoms with Crippen LogP contribution in [0.5, 0.6) is 0 Å². The van der Waals surface area contributed by atoms with Crippen LogP contribution in [-0.2, 0) is 0 Å². The van der Waals surface area contributed by atoms with Crippen LogP contribution in [0.4, 0.5) is 0 Å². The molecule has 0 radical (unpaired) electrons. The summed E-state index contributed by atoms with van der Waals surface area (Å²) in [6, 6.07) is 0. The molecule has 0 aromatic rings. The van der Waals surface area contributed by atoms with E-state index in [1.54, 1.807) is 9.80 Å². The SMILES string of the molecule is C[NH+](C)CCCSSCCC[NH+](C)C. The highest BCUT2D eigenvalue weighted by Crippen LogP contribution is 2.21. The van der Waals surface area contributed by atoms with Crippen molar-refractivity contribution in [3.8, 4) is 0 Å². The fraction of sp³-hybridized carbons (Fsp3) is 1.00. The Morgan fingerprint density at radius 2 is 1.07 bits per heavy atom. The summed E-state index contributed by atoms with van der Waals surface area (Å²) in [5.74, 6) is 2.62. The molecule has 0 fully saturated rings. The lowest BCUT2D eigenvalue weighted by Gasteiger charge is -2.07. The van der Waals surface area contributed by atoms with Crippen LogP contribution in [-0.4, -0.2) is 52.8 Å². The Kier molecular flexibility index (Phi) is 10.6. The number of rotatable bonds is 9. The van der Waals surface area contributed by atoms with Crippen molar-refractivity contribution in [1.29, 1.82) is 0 Å². The Balaban J connectivity index is 2.92. The zero-order chi connectivity index (χ0) is 10.8. The summed E-state index contributed by atoms with van der Waals surface area (Å²) in [4.78, 5) is 3.12. The number of hydrogen-bond donors (Lipinski definition) is 2. The third-order valence-electron chi connectivity index (χ3n) is 1.89. The van der Waals surface area contributed by atoms with E-state index >= 15 is 0 Å². The van der Waals surface area contributed by atoms with Crippen LogP contribution in [0.15, 0.2) is 0 Å². The molecule has 0 aliphatic carbocycles. The van der Waals surface area contributed by atoms with Crippen molar-refractivity contribution in [3.05, 3.63) is 0 Å². The third-order valence-corrected chi connectivity index (χ3v) is 4.47. The maximum absolute atomic E-state index is 2.22. The largest absolute Gasteiger partial charge is 0.340 e. The van der Waals surface area contributed by atoms with Crippen LogP contribution >= 0.6 is 21.6 Å². The predicted molar refractivity (Wildman–Crippen MR) is 69.5 cm³/mol. The Hall–Kier alpha value is 0.620. The number of nitrogens with one attached hydrogen (secondary N) is 2. The highest BCUT2D eigenvalue weighted by molar-refractivity contribution is 8.76. The van der Waals surface area contributed by atoms with E-state index in [1.807, 2.05) is 21.6 Å². The molecule has 0 rings (SSSR count). The third kappa shape index (κ3) is 12.6. The monoisotopic (exact) mass is 238 g/mol. The van der Waals surface area contributed by atoms with Gasteiger partial charge in [0, 0.05) is 24.3 Å². The van der Waals surface area contributed by atoms with E-state index in [2.05, 4.69) is 28.2 Å². The lowest BCUT2D eigenvalue weighted by molar-refractivity contribution is -0.858. The van der Waals surface area contributed by atoms with Gasteiger partial charge in [0.2, 0.25) is 0 Å². The normalized spacial score (nSPS) is 11.6. The molecule has 0 saturated carbocycles. The van der Waals surface area contributed by atoms with Gasteiger partial charge in [-0.05, 0) is 0 Å². The molecule has 0 amide bonds. The molecular formula is C10H26N2S2+2. The molecular weight excluding hydrogens is 212 g/mol. The van der Waals surface area contributed by atoms with E-state index in [9.17, 15) is 0 Å². The van der Waals surface area contributed by atoms with Gasteiger partial charge in [-0.3, -0.25) is 0 Å². The van der Waals surface area contributed by atoms with Crippen molar-refractivity contribution >= 4 is 21.6 Å². The van der Waals surface area contributed by atoms with Gasteiger partial charge in [0.25, 0.3) is 0 Å². The van der Waals surface area contributed by atoms with Crippen LogP contribution in [0.25, 0.3) is 0 Å². The average Bonchev–Trinajstić information content (AvgIpc) is 2.08. The van der Waals surface area contributed by atoms with Crippen LogP contribution in [0.2, 0.25) is 0 Å². The molecule has 0 aliphatic rings. The fourth-order valence-corrected chi connectivity index (χ4v) is 3.26. The molecule has 0 atom stereocenters. The van der Waals surface area contributed by atoms with E-state index in [0.717, 1.165) is 0 Å². The molecule has 0 unspecified atom stereocenters. The lowest BCUT2D eigenvalue weighted by Crippen LogP contribution is -3.05. The lowest BCUT2D eigenvalue weighted by atomic mass is 10.5. The minimum absolute atomic E-state index is 1.30. The van der Waals surface area contributed by atoms with Crippen molar-refractivity contribution in [1.82, 2.24) is 0 Å². The molecule has 0 heterocycles. The van der Waals surface area contributed by atoms with Gasteiger partial charge in [-0.15, -0.1) is 0 Å². The molecule has 2 nitrogen and oxygen atoms in total. The Bertz CT molecular complexity index is 105. The summed E-state index contributed by atoms with van der Waals surface area (Å²) in [7, 11) is 13.0. The van der Waals surface area contributed by atoms with Crippen LogP contribution in [0.1, 0.15) is 12.8 Å². The Morgan fingerprint density at radius 3 is 1.36 bits per heavy atom. The van der Waals surface area contributed by atoms with E-state index in [1.165, 1.54) is 37.4 Å². The Morgan fingerprint density at radius 1 is 0.714 bits per heavy atom. The van der Waals surface area contributed by atoms with Gasteiger partial charge >= 0.3 is 0 Å². The summed E-state index contributed by atoms with van der Waals surface area (Å²) in [5.41, 5.74) is 0. The maximum atomic E-state index is 2.22. The topological polar surface area (TPSA) is 8.88 Å². The molecule has 0 bridgehead atoms. The zero-order valence-electron chi connectivity index (χ0n) is 10.1. The predicted octanol–water partition coefficient (Wildman–Crippen LogP) is -0.563. The Labute approximate surface area is 97.2 Å². The summed E-state index contributed by atoms with van der Waals surface area (Å²) in [5, 5.41) is 0. The summed E-state index contributed by atoms with van der Waals surface area (Å²) in [6.45, 7) is 2.60. The summed E-state index contributed by atoms with van der Waals surface area (Å²) in [6.07, 6.45) is 2.69. The first-order valence-electron chi connectivity index (χ1n) is 5.45. The van der Waals surface area contributed by atoms with Crippen LogP contribution < -0.4 is 9.80 Å². The first kappa shape index (κ1) is 14.6. The van der Waals surface area contributed by atoms with Crippen molar-refractivity contribution in [2.45, 2.75) is 12.8 Å². The molecule has 0 aliphatic heterocycles. The molecule has 0 aromatic carbocycles. The van der Waals surface area contributed by atoms with Crippen molar-refractivity contribution in [2.24, 2.45) is 0 Å². The van der Waals surface area contributed by atoms with Gasteiger partial charge in [0.05, 0.1) is 41.3 Å². The molecule has 0 spiro atoms. The first-order valence-corrected chi connectivity index (χ1v) is 7.94. The van der Waals surface area contributed by atoms with Crippen molar-refractivity contribution in [3.63, 3.8) is 0 Å². The van der Waals surface area contributed by atoms with Crippen molar-refractivity contribution in [2.75, 3.05) is 52.8 Å². The minimum atomic E-state index is 1.30. The minimum Gasteiger partial charge on any atom is -0.340 e. The maximum Gasteiger partial charge on any atom is 0.0775 e. The van der Waals surface area contributed by atoms with Gasteiger partial charge < -0.3 is 9.80 Å². The molecule has 2 N–H and O–H groups in total. The van der Waals surface area contributed by atoms with Crippen LogP contribution in [0, 0.1) is 0 Å². The van der Waals surface area contributed by atoms with Gasteiger partial charge in [-0.1, -0.05) is 21.6 Å². The second-order valence-electron chi connectivity index (χ2n) is 4.27. The molecule has 86 valence electrons. The van der Waals surface area contributed by atoms with Gasteiger partial charge in [0.15, 0.2) is 0 Å². The second-order valence-corrected chi connectivity index (χ2v) is 6.97. The number of quaternary nitrogens is 2. The van der Waals surface area contributed by atoms with E-state index in [-0.39, 0.29) is 0 Å². The molecule has 4 heteroatoms. The van der Waals surface area contributed by atoms with E-state index in [4.69, 9.17) is 0 Å². The molecule has 0 saturated heterocycles. The fourth-order valence-electron chi connectivity index (χ4n) is 1.09. The zero-order valence-corrected chi connectivity index (χ0v) is 11.7. The van der Waals surface area contributed by atoms with Gasteiger partial charge in [0.1, 0.15) is 0 Å². The van der Waals surface area contributed by atoms with E-state index in [0.29, 0.717) is 0 Å². The average molecular weight is 238 g/mol. The number of hydrogen-bond acceptors (Lipinski definition) is 2. The molecule has 0 aromatic heterocycles. The summed E-state index contributed by atoms with van der Waals surface area (Å²) >= 11 is 0. The van der Waals surface area contributed by atoms with Crippen molar-refractivity contribution < 1.29 is 9.80 Å². The quantitative estimate of drug-likeness (QED) is 0.411. The van der Waals surface area contributed by atoms with Gasteiger partial charge in [-0.2, -0.15) is 0 Å². The highest BCUT2D eigenvalue weighted by atomic mass is 33.1. The van der Waals surface area contributed by atoms with E-state index < -0.39 is 0 Å². The second kappa shape index (κ2) is 10.1. The standard InChI is InChI=1S/C10H24N2S2/c1-11(2)7-5-9-13-14-10-6-8-12(3)4/h5-10H2,1-4H3/p+2. The van der Waals surface area contributed by atoms with Crippen LogP contribution in [0.3, 0.4) is 0 Å². The smallest absolute Gasteiger partial charge is 0.0775 e. The first-order chi connectivity index (χ1) is 6.63. The van der Waals surface area contributed by atoms with Gasteiger partial charge in [-0.25, -0.2) is 0 Å².